The van der Waals surface area contributed by atoms with Crippen molar-refractivity contribution in [2.45, 2.75) is 6.17 Å². The van der Waals surface area contributed by atoms with Crippen LogP contribution in [0.15, 0.2) is 12.7 Å². The fraction of sp³-hybridized carbons (Fsp3) is 0.250. The minimum atomic E-state index is -0.891. The molecule has 3 nitrogen and oxygen atoms in total. The highest BCUT2D eigenvalue weighted by molar-refractivity contribution is 5.92. The number of hydrogen-bond acceptors (Lipinski definition) is 3. The molecule has 0 radical (unpaired) electrons. The molecule has 40 valence electrons. The van der Waals surface area contributed by atoms with Gasteiger partial charge in [0.1, 0.15) is 6.17 Å². The Kier molecular flexibility index (Phi) is 2.26. The maximum Gasteiger partial charge on any atom is 0.186 e. The number of ketones is 1. The summed E-state index contributed by atoms with van der Waals surface area (Å²) in [6.45, 7) is 3.17. The van der Waals surface area contributed by atoms with Gasteiger partial charge < -0.3 is 11.5 Å². The van der Waals surface area contributed by atoms with Crippen molar-refractivity contribution in [2.24, 2.45) is 11.5 Å². The summed E-state index contributed by atoms with van der Waals surface area (Å²) in [5, 5.41) is 0. The summed E-state index contributed by atoms with van der Waals surface area (Å²) in [6.07, 6.45) is 0.211. The molecule has 0 bridgehead atoms. The van der Waals surface area contributed by atoms with E-state index in [1.165, 1.54) is 0 Å². The molecule has 0 rings (SSSR count). The van der Waals surface area contributed by atoms with Crippen molar-refractivity contribution in [3.8, 4) is 0 Å². The van der Waals surface area contributed by atoms with E-state index >= 15 is 0 Å². The van der Waals surface area contributed by atoms with E-state index in [9.17, 15) is 4.79 Å². The standard InChI is InChI=1S/C4H8N2O/c1-2-3(7)4(5)6/h2,4H,1,5-6H2. The number of carbonyl (C=O) groups is 1. The minimum Gasteiger partial charge on any atom is -0.310 e. The van der Waals surface area contributed by atoms with E-state index in [-0.39, 0.29) is 5.78 Å². The maximum atomic E-state index is 10.1. The van der Waals surface area contributed by atoms with Gasteiger partial charge in [0.2, 0.25) is 0 Å². The molecule has 0 unspecified atom stereocenters. The van der Waals surface area contributed by atoms with Crippen LogP contribution in [0, 0.1) is 0 Å². The molecule has 4 N–H and O–H groups in total. The molecular weight excluding hydrogens is 92.1 g/mol. The van der Waals surface area contributed by atoms with Gasteiger partial charge >= 0.3 is 0 Å². The molecule has 0 aliphatic heterocycles. The molecule has 0 aliphatic rings. The van der Waals surface area contributed by atoms with Gasteiger partial charge in [0.25, 0.3) is 0 Å². The van der Waals surface area contributed by atoms with Crippen molar-refractivity contribution < 1.29 is 4.79 Å². The second-order valence-electron chi connectivity index (χ2n) is 1.13. The first-order valence-electron chi connectivity index (χ1n) is 1.86. The van der Waals surface area contributed by atoms with E-state index in [1.54, 1.807) is 0 Å². The third-order valence-electron chi connectivity index (χ3n) is 0.530. The van der Waals surface area contributed by atoms with E-state index in [4.69, 9.17) is 11.5 Å². The number of hydrogen-bond donors (Lipinski definition) is 2. The van der Waals surface area contributed by atoms with Crippen molar-refractivity contribution >= 4 is 5.78 Å². The first-order valence-corrected chi connectivity index (χ1v) is 1.86. The Hall–Kier alpha value is -0.670. The summed E-state index contributed by atoms with van der Waals surface area (Å²) in [5.74, 6) is -0.333. The number of rotatable bonds is 2. The molecular formula is C4H8N2O. The van der Waals surface area contributed by atoms with E-state index < -0.39 is 6.17 Å². The summed E-state index contributed by atoms with van der Waals surface area (Å²) in [6, 6.07) is 0. The number of carbonyl (C=O) groups excluding carboxylic acids is 1. The fourth-order valence-corrected chi connectivity index (χ4v) is 0.136. The second-order valence-corrected chi connectivity index (χ2v) is 1.13. The molecule has 3 heteroatoms. The van der Waals surface area contributed by atoms with Crippen LogP contribution in [0.4, 0.5) is 0 Å². The second kappa shape index (κ2) is 2.49. The van der Waals surface area contributed by atoms with E-state index in [0.717, 1.165) is 6.08 Å². The Morgan fingerprint density at radius 3 is 2.14 bits per heavy atom. The van der Waals surface area contributed by atoms with Crippen LogP contribution in [0.25, 0.3) is 0 Å². The lowest BCUT2D eigenvalue weighted by molar-refractivity contribution is -0.115. The van der Waals surface area contributed by atoms with Gasteiger partial charge in [-0.1, -0.05) is 6.58 Å². The predicted octanol–water partition coefficient (Wildman–Crippen LogP) is -1.02. The largest absolute Gasteiger partial charge is 0.310 e. The molecule has 0 aliphatic carbocycles. The predicted molar refractivity (Wildman–Crippen MR) is 27.4 cm³/mol. The third kappa shape index (κ3) is 2.08. The Morgan fingerprint density at radius 2 is 2.14 bits per heavy atom. The van der Waals surface area contributed by atoms with Gasteiger partial charge in [-0.25, -0.2) is 0 Å². The molecule has 0 heterocycles. The molecule has 0 aromatic rings. The smallest absolute Gasteiger partial charge is 0.186 e. The topological polar surface area (TPSA) is 69.1 Å². The Bertz CT molecular complexity index is 87.7. The van der Waals surface area contributed by atoms with Crippen molar-refractivity contribution in [2.75, 3.05) is 0 Å². The monoisotopic (exact) mass is 100 g/mol. The van der Waals surface area contributed by atoms with E-state index in [1.807, 2.05) is 0 Å². The summed E-state index contributed by atoms with van der Waals surface area (Å²) < 4.78 is 0. The highest BCUT2D eigenvalue weighted by Gasteiger charge is 1.98. The Balaban J connectivity index is 3.56. The zero-order chi connectivity index (χ0) is 5.86. The van der Waals surface area contributed by atoms with Gasteiger partial charge in [-0.3, -0.25) is 4.79 Å². The van der Waals surface area contributed by atoms with Gasteiger partial charge in [-0.2, -0.15) is 0 Å². The van der Waals surface area contributed by atoms with E-state index in [2.05, 4.69) is 6.58 Å². The first-order chi connectivity index (χ1) is 3.18. The van der Waals surface area contributed by atoms with Crippen LogP contribution < -0.4 is 11.5 Å². The summed E-state index contributed by atoms with van der Waals surface area (Å²) in [7, 11) is 0. The molecule has 0 saturated heterocycles. The first kappa shape index (κ1) is 6.33. The summed E-state index contributed by atoms with van der Waals surface area (Å²) in [5.41, 5.74) is 9.81. The summed E-state index contributed by atoms with van der Waals surface area (Å²) >= 11 is 0. The molecule has 0 spiro atoms. The van der Waals surface area contributed by atoms with Crippen LogP contribution >= 0.6 is 0 Å². The van der Waals surface area contributed by atoms with Gasteiger partial charge in [0, 0.05) is 0 Å². The summed E-state index contributed by atoms with van der Waals surface area (Å²) in [4.78, 5) is 10.1. The van der Waals surface area contributed by atoms with Gasteiger partial charge in [0.05, 0.1) is 0 Å². The SMILES string of the molecule is C=CC(=O)C(N)N. The van der Waals surface area contributed by atoms with Crippen LogP contribution in [-0.2, 0) is 4.79 Å². The molecule has 0 fully saturated rings. The molecule has 0 atom stereocenters. The van der Waals surface area contributed by atoms with Gasteiger partial charge in [-0.15, -0.1) is 0 Å². The lowest BCUT2D eigenvalue weighted by atomic mass is 10.3. The molecule has 7 heavy (non-hydrogen) atoms. The molecule has 0 aromatic carbocycles. The fourth-order valence-electron chi connectivity index (χ4n) is 0.136. The van der Waals surface area contributed by atoms with Crippen LogP contribution in [0.1, 0.15) is 0 Å². The van der Waals surface area contributed by atoms with Crippen LogP contribution in [0.5, 0.6) is 0 Å². The Labute approximate surface area is 42.0 Å². The molecule has 0 saturated carbocycles. The highest BCUT2D eigenvalue weighted by atomic mass is 16.1. The highest BCUT2D eigenvalue weighted by Crippen LogP contribution is 1.69. The van der Waals surface area contributed by atoms with Crippen molar-refractivity contribution in [1.82, 2.24) is 0 Å². The van der Waals surface area contributed by atoms with Crippen molar-refractivity contribution in [3.05, 3.63) is 12.7 Å². The molecule has 0 amide bonds. The average molecular weight is 100 g/mol. The van der Waals surface area contributed by atoms with Crippen molar-refractivity contribution in [3.63, 3.8) is 0 Å². The van der Waals surface area contributed by atoms with Gasteiger partial charge in [-0.05, 0) is 6.08 Å². The van der Waals surface area contributed by atoms with Gasteiger partial charge in [0.15, 0.2) is 5.78 Å². The normalized spacial score (nSPS) is 9.00. The quantitative estimate of drug-likeness (QED) is 0.345. The molecule has 0 aromatic heterocycles. The zero-order valence-electron chi connectivity index (χ0n) is 3.92. The minimum absolute atomic E-state index is 0.333. The van der Waals surface area contributed by atoms with E-state index in [0.29, 0.717) is 0 Å². The zero-order valence-corrected chi connectivity index (χ0v) is 3.92. The van der Waals surface area contributed by atoms with Crippen LogP contribution in [0.2, 0.25) is 0 Å². The lowest BCUT2D eigenvalue weighted by Crippen LogP contribution is -2.37. The third-order valence-corrected chi connectivity index (χ3v) is 0.530. The lowest BCUT2D eigenvalue weighted by Gasteiger charge is -1.94. The van der Waals surface area contributed by atoms with Crippen LogP contribution in [-0.4, -0.2) is 11.9 Å². The van der Waals surface area contributed by atoms with Crippen LogP contribution in [0.3, 0.4) is 0 Å². The number of nitrogens with two attached hydrogens (primary N) is 2. The van der Waals surface area contributed by atoms with Crippen molar-refractivity contribution in [1.29, 1.82) is 0 Å². The maximum absolute atomic E-state index is 10.1. The Morgan fingerprint density at radius 1 is 1.71 bits per heavy atom. The average Bonchev–Trinajstić information content (AvgIpc) is 1.65.